The first-order valence-electron chi connectivity index (χ1n) is 6.53. The molecule has 0 aromatic heterocycles. The maximum atomic E-state index is 12.2. The third-order valence-electron chi connectivity index (χ3n) is 3.22. The number of hydrogen-bond donors (Lipinski definition) is 2. The molecule has 4 nitrogen and oxygen atoms in total. The van der Waals surface area contributed by atoms with Crippen molar-refractivity contribution in [2.75, 3.05) is 19.4 Å². The second-order valence-corrected chi connectivity index (χ2v) is 5.28. The highest BCUT2D eigenvalue weighted by Crippen LogP contribution is 2.21. The van der Waals surface area contributed by atoms with Crippen LogP contribution in [0.15, 0.2) is 36.4 Å². The quantitative estimate of drug-likeness (QED) is 0.807. The summed E-state index contributed by atoms with van der Waals surface area (Å²) in [4.78, 5) is 14.2. The second-order valence-electron chi connectivity index (χ2n) is 5.28. The van der Waals surface area contributed by atoms with Crippen molar-refractivity contribution in [1.29, 1.82) is 0 Å². The van der Waals surface area contributed by atoms with Gasteiger partial charge in [-0.15, -0.1) is 0 Å². The summed E-state index contributed by atoms with van der Waals surface area (Å²) in [7, 11) is 4.02. The van der Waals surface area contributed by atoms with Crippen LogP contribution >= 0.6 is 0 Å². The number of para-hydroxylation sites is 1. The van der Waals surface area contributed by atoms with E-state index < -0.39 is 0 Å². The molecule has 1 aliphatic carbocycles. The summed E-state index contributed by atoms with van der Waals surface area (Å²) in [6.07, 6.45) is 4.49. The number of rotatable bonds is 4. The Hall–Kier alpha value is -1.65. The van der Waals surface area contributed by atoms with Crippen molar-refractivity contribution in [2.24, 2.45) is 11.7 Å². The molecule has 0 bridgehead atoms. The zero-order valence-corrected chi connectivity index (χ0v) is 11.5. The molecule has 19 heavy (non-hydrogen) atoms. The van der Waals surface area contributed by atoms with Gasteiger partial charge in [0.25, 0.3) is 0 Å². The topological polar surface area (TPSA) is 58.4 Å². The maximum absolute atomic E-state index is 12.2. The molecule has 0 fully saturated rings. The van der Waals surface area contributed by atoms with Crippen LogP contribution in [0.3, 0.4) is 0 Å². The lowest BCUT2D eigenvalue weighted by Crippen LogP contribution is -2.24. The van der Waals surface area contributed by atoms with Crippen LogP contribution in [0.25, 0.3) is 0 Å². The Morgan fingerprint density at radius 2 is 2.11 bits per heavy atom. The lowest BCUT2D eigenvalue weighted by Gasteiger charge is -2.16. The first kappa shape index (κ1) is 13.8. The van der Waals surface area contributed by atoms with Crippen LogP contribution in [0.4, 0.5) is 5.69 Å². The molecule has 1 aliphatic rings. The standard InChI is InChI=1S/C15H21N3O/c1-18(2)10-12-5-3-4-6-14(12)17-15(19)11-7-8-13(16)9-11/h3-8,11,13H,9-10,16H2,1-2H3,(H,17,19). The van der Waals surface area contributed by atoms with Crippen molar-refractivity contribution in [2.45, 2.75) is 19.0 Å². The van der Waals surface area contributed by atoms with Crippen molar-refractivity contribution < 1.29 is 4.79 Å². The van der Waals surface area contributed by atoms with E-state index in [1.165, 1.54) is 0 Å². The minimum atomic E-state index is -0.109. The Kier molecular flexibility index (Phi) is 4.35. The highest BCUT2D eigenvalue weighted by Gasteiger charge is 2.23. The molecular weight excluding hydrogens is 238 g/mol. The summed E-state index contributed by atoms with van der Waals surface area (Å²) in [5, 5.41) is 3.01. The second kappa shape index (κ2) is 5.99. The molecule has 0 saturated carbocycles. The Morgan fingerprint density at radius 3 is 2.74 bits per heavy atom. The summed E-state index contributed by atoms with van der Waals surface area (Å²) in [6, 6.07) is 7.90. The largest absolute Gasteiger partial charge is 0.325 e. The number of benzene rings is 1. The number of nitrogens with zero attached hydrogens (tertiary/aromatic N) is 1. The van der Waals surface area contributed by atoms with E-state index in [0.29, 0.717) is 6.42 Å². The molecule has 2 atom stereocenters. The number of carbonyl (C=O) groups is 1. The summed E-state index contributed by atoms with van der Waals surface area (Å²) in [6.45, 7) is 0.802. The molecule has 3 N–H and O–H groups in total. The normalized spacial score (nSPS) is 21.9. The van der Waals surface area contributed by atoms with Crippen molar-refractivity contribution in [3.63, 3.8) is 0 Å². The van der Waals surface area contributed by atoms with Gasteiger partial charge in [-0.3, -0.25) is 4.79 Å². The Bertz CT molecular complexity index is 482. The fraction of sp³-hybridized carbons (Fsp3) is 0.400. The number of amides is 1. The zero-order chi connectivity index (χ0) is 13.8. The monoisotopic (exact) mass is 259 g/mol. The predicted molar refractivity (Wildman–Crippen MR) is 77.7 cm³/mol. The van der Waals surface area contributed by atoms with Gasteiger partial charge in [0.05, 0.1) is 5.92 Å². The van der Waals surface area contributed by atoms with Gasteiger partial charge >= 0.3 is 0 Å². The van der Waals surface area contributed by atoms with E-state index in [2.05, 4.69) is 10.2 Å². The van der Waals surface area contributed by atoms with Crippen LogP contribution < -0.4 is 11.1 Å². The van der Waals surface area contributed by atoms with Crippen LogP contribution in [-0.2, 0) is 11.3 Å². The predicted octanol–water partition coefficient (Wildman–Crippen LogP) is 1.59. The van der Waals surface area contributed by atoms with Gasteiger partial charge in [0.2, 0.25) is 5.91 Å². The Labute approximate surface area is 114 Å². The maximum Gasteiger partial charge on any atom is 0.231 e. The average molecular weight is 259 g/mol. The fourth-order valence-corrected chi connectivity index (χ4v) is 2.27. The number of carbonyl (C=O) groups excluding carboxylic acids is 1. The Balaban J connectivity index is 2.06. The molecule has 1 amide bonds. The van der Waals surface area contributed by atoms with Crippen molar-refractivity contribution in [3.05, 3.63) is 42.0 Å². The van der Waals surface area contributed by atoms with Gasteiger partial charge in [-0.1, -0.05) is 30.4 Å². The van der Waals surface area contributed by atoms with Crippen molar-refractivity contribution in [1.82, 2.24) is 4.90 Å². The summed E-state index contributed by atoms with van der Waals surface area (Å²) < 4.78 is 0. The number of nitrogens with one attached hydrogen (secondary N) is 1. The van der Waals surface area contributed by atoms with Crippen LogP contribution in [0.5, 0.6) is 0 Å². The van der Waals surface area contributed by atoms with Crippen LogP contribution in [-0.4, -0.2) is 30.9 Å². The molecule has 0 aliphatic heterocycles. The van der Waals surface area contributed by atoms with E-state index in [9.17, 15) is 4.79 Å². The van der Waals surface area contributed by atoms with Gasteiger partial charge in [-0.2, -0.15) is 0 Å². The summed E-state index contributed by atoms with van der Waals surface area (Å²) >= 11 is 0. The molecule has 0 heterocycles. The number of nitrogens with two attached hydrogens (primary N) is 1. The van der Waals surface area contributed by atoms with Crippen LogP contribution in [0.1, 0.15) is 12.0 Å². The first-order chi connectivity index (χ1) is 9.06. The average Bonchev–Trinajstić information content (AvgIpc) is 2.78. The number of hydrogen-bond acceptors (Lipinski definition) is 3. The van der Waals surface area contributed by atoms with Gasteiger partial charge < -0.3 is 16.0 Å². The van der Waals surface area contributed by atoms with Gasteiger partial charge in [-0.05, 0) is 32.1 Å². The Morgan fingerprint density at radius 1 is 1.37 bits per heavy atom. The molecule has 0 saturated heterocycles. The minimum Gasteiger partial charge on any atom is -0.325 e. The highest BCUT2D eigenvalue weighted by atomic mass is 16.1. The van der Waals surface area contributed by atoms with Crippen LogP contribution in [0, 0.1) is 5.92 Å². The SMILES string of the molecule is CN(C)Cc1ccccc1NC(=O)C1C=CC(N)C1. The van der Waals surface area contributed by atoms with Crippen LogP contribution in [0.2, 0.25) is 0 Å². The molecule has 0 radical (unpaired) electrons. The lowest BCUT2D eigenvalue weighted by molar-refractivity contribution is -0.118. The van der Waals surface area contributed by atoms with Crippen molar-refractivity contribution >= 4 is 11.6 Å². The van der Waals surface area contributed by atoms with E-state index in [1.54, 1.807) is 0 Å². The zero-order valence-electron chi connectivity index (χ0n) is 11.5. The van der Waals surface area contributed by atoms with E-state index in [-0.39, 0.29) is 17.9 Å². The van der Waals surface area contributed by atoms with E-state index in [0.717, 1.165) is 17.8 Å². The highest BCUT2D eigenvalue weighted by molar-refractivity contribution is 5.94. The van der Waals surface area contributed by atoms with Gasteiger partial charge in [0, 0.05) is 18.3 Å². The van der Waals surface area contributed by atoms with E-state index in [4.69, 9.17) is 5.73 Å². The molecule has 2 rings (SSSR count). The smallest absolute Gasteiger partial charge is 0.231 e. The van der Waals surface area contributed by atoms with Gasteiger partial charge in [0.15, 0.2) is 0 Å². The summed E-state index contributed by atoms with van der Waals surface area (Å²) in [5.74, 6) is -0.0854. The first-order valence-corrected chi connectivity index (χ1v) is 6.53. The summed E-state index contributed by atoms with van der Waals surface area (Å²) in [5.41, 5.74) is 7.78. The molecule has 1 aromatic rings. The van der Waals surface area contributed by atoms with Crippen molar-refractivity contribution in [3.8, 4) is 0 Å². The minimum absolute atomic E-state index is 0.00719. The van der Waals surface area contributed by atoms with Gasteiger partial charge in [-0.25, -0.2) is 0 Å². The third kappa shape index (κ3) is 3.66. The van der Waals surface area contributed by atoms with Gasteiger partial charge in [0.1, 0.15) is 0 Å². The molecule has 102 valence electrons. The molecule has 2 unspecified atom stereocenters. The lowest BCUT2D eigenvalue weighted by atomic mass is 10.1. The third-order valence-corrected chi connectivity index (χ3v) is 3.22. The molecule has 4 heteroatoms. The molecular formula is C15H21N3O. The molecule has 1 aromatic carbocycles. The number of anilines is 1. The van der Waals surface area contributed by atoms with E-state index >= 15 is 0 Å². The molecule has 0 spiro atoms. The van der Waals surface area contributed by atoms with E-state index in [1.807, 2.05) is 50.5 Å². The fourth-order valence-electron chi connectivity index (χ4n) is 2.27.